The molecule has 6 nitrogen and oxygen atoms in total. The highest BCUT2D eigenvalue weighted by Gasteiger charge is 2.51. The van der Waals surface area contributed by atoms with E-state index in [1.807, 2.05) is 20.8 Å². The third-order valence-corrected chi connectivity index (χ3v) is 4.09. The summed E-state index contributed by atoms with van der Waals surface area (Å²) in [5.41, 5.74) is 0.870. The Hall–Kier alpha value is -1.24. The number of hydrogen-bond acceptors (Lipinski definition) is 6. The molecule has 0 radical (unpaired) electrons. The highest BCUT2D eigenvalue weighted by Crippen LogP contribution is 2.40. The standard InChI is InChI=1S/C17H26O6/c1-5-20-14(19)9-11(2)8-13-16-15(22-17(3,4)23-16)12(6-7-18)10-21-13/h7,9,12-13,15-16H,5-6,8,10H2,1-4H3/t12-,13-,15+,16-/m0/s1. The first-order valence-electron chi connectivity index (χ1n) is 8.11. The second-order valence-corrected chi connectivity index (χ2v) is 6.55. The van der Waals surface area contributed by atoms with Crippen LogP contribution in [0.1, 0.15) is 40.5 Å². The van der Waals surface area contributed by atoms with E-state index in [1.54, 1.807) is 6.92 Å². The van der Waals surface area contributed by atoms with E-state index in [9.17, 15) is 9.59 Å². The Balaban J connectivity index is 2.06. The van der Waals surface area contributed by atoms with Gasteiger partial charge in [0.2, 0.25) is 0 Å². The molecule has 2 heterocycles. The summed E-state index contributed by atoms with van der Waals surface area (Å²) in [6.45, 7) is 8.18. The topological polar surface area (TPSA) is 71.1 Å². The number of carbonyl (C=O) groups excluding carboxylic acids is 2. The van der Waals surface area contributed by atoms with Gasteiger partial charge in [-0.1, -0.05) is 5.57 Å². The molecule has 0 saturated carbocycles. The van der Waals surface area contributed by atoms with Crippen LogP contribution in [0.4, 0.5) is 0 Å². The molecule has 0 aromatic rings. The highest BCUT2D eigenvalue weighted by molar-refractivity contribution is 5.82. The summed E-state index contributed by atoms with van der Waals surface area (Å²) in [6.07, 6.45) is 2.73. The zero-order valence-corrected chi connectivity index (χ0v) is 14.2. The van der Waals surface area contributed by atoms with E-state index >= 15 is 0 Å². The van der Waals surface area contributed by atoms with Crippen molar-refractivity contribution >= 4 is 12.3 Å². The van der Waals surface area contributed by atoms with Gasteiger partial charge in [-0.15, -0.1) is 0 Å². The van der Waals surface area contributed by atoms with Crippen LogP contribution in [0, 0.1) is 5.92 Å². The fourth-order valence-electron chi connectivity index (χ4n) is 3.17. The molecule has 130 valence electrons. The monoisotopic (exact) mass is 326 g/mol. The van der Waals surface area contributed by atoms with Gasteiger partial charge in [-0.2, -0.15) is 0 Å². The number of hydrogen-bond donors (Lipinski definition) is 0. The fraction of sp³-hybridized carbons (Fsp3) is 0.765. The molecule has 0 aliphatic carbocycles. The van der Waals surface area contributed by atoms with Crippen LogP contribution in [0.3, 0.4) is 0 Å². The molecule has 2 rings (SSSR count). The van der Waals surface area contributed by atoms with Gasteiger partial charge in [-0.3, -0.25) is 0 Å². The number of carbonyl (C=O) groups is 2. The van der Waals surface area contributed by atoms with Crippen molar-refractivity contribution in [1.29, 1.82) is 0 Å². The lowest BCUT2D eigenvalue weighted by Gasteiger charge is -2.36. The predicted molar refractivity (Wildman–Crippen MR) is 82.7 cm³/mol. The Bertz CT molecular complexity index is 470. The van der Waals surface area contributed by atoms with Gasteiger partial charge in [0.1, 0.15) is 12.4 Å². The van der Waals surface area contributed by atoms with E-state index in [-0.39, 0.29) is 30.2 Å². The summed E-state index contributed by atoms with van der Waals surface area (Å²) in [7, 11) is 0. The van der Waals surface area contributed by atoms with Crippen molar-refractivity contribution in [2.75, 3.05) is 13.2 Å². The maximum atomic E-state index is 11.5. The van der Waals surface area contributed by atoms with Crippen LogP contribution in [-0.4, -0.2) is 49.6 Å². The number of aldehydes is 1. The molecule has 0 spiro atoms. The molecule has 4 atom stereocenters. The maximum absolute atomic E-state index is 11.5. The summed E-state index contributed by atoms with van der Waals surface area (Å²) >= 11 is 0. The van der Waals surface area contributed by atoms with E-state index in [2.05, 4.69) is 0 Å². The average Bonchev–Trinajstić information content (AvgIpc) is 2.78. The lowest BCUT2D eigenvalue weighted by atomic mass is 9.88. The van der Waals surface area contributed by atoms with E-state index in [0.717, 1.165) is 11.9 Å². The number of fused-ring (bicyclic) bond motifs is 1. The zero-order chi connectivity index (χ0) is 17.0. The number of rotatable bonds is 6. The van der Waals surface area contributed by atoms with Crippen LogP contribution in [0.5, 0.6) is 0 Å². The van der Waals surface area contributed by atoms with Gasteiger partial charge >= 0.3 is 5.97 Å². The Labute approximate surface area is 137 Å². The summed E-state index contributed by atoms with van der Waals surface area (Å²) in [6, 6.07) is 0. The molecule has 0 aromatic heterocycles. The molecule has 0 unspecified atom stereocenters. The second kappa shape index (κ2) is 7.55. The zero-order valence-electron chi connectivity index (χ0n) is 14.2. The minimum atomic E-state index is -0.693. The van der Waals surface area contributed by atoms with Crippen LogP contribution in [-0.2, 0) is 28.5 Å². The largest absolute Gasteiger partial charge is 0.463 e. The minimum Gasteiger partial charge on any atom is -0.463 e. The van der Waals surface area contributed by atoms with E-state index in [4.69, 9.17) is 18.9 Å². The average molecular weight is 326 g/mol. The molecule has 2 fully saturated rings. The SMILES string of the molecule is CCOC(=O)C=C(C)C[C@@H]1OC[C@H](CC=O)[C@H]2OC(C)(C)O[C@H]21. The lowest BCUT2D eigenvalue weighted by Crippen LogP contribution is -2.48. The molecule has 0 aromatic carbocycles. The van der Waals surface area contributed by atoms with Crippen molar-refractivity contribution in [1.82, 2.24) is 0 Å². The van der Waals surface area contributed by atoms with Gasteiger partial charge in [0, 0.05) is 18.4 Å². The quantitative estimate of drug-likeness (QED) is 0.422. The first-order valence-corrected chi connectivity index (χ1v) is 8.11. The molecule has 23 heavy (non-hydrogen) atoms. The van der Waals surface area contributed by atoms with Crippen LogP contribution in [0.25, 0.3) is 0 Å². The van der Waals surface area contributed by atoms with Crippen LogP contribution < -0.4 is 0 Å². The first kappa shape index (κ1) is 18.1. The molecule has 0 N–H and O–H groups in total. The molecule has 2 saturated heterocycles. The van der Waals surface area contributed by atoms with Crippen LogP contribution >= 0.6 is 0 Å². The predicted octanol–water partition coefficient (Wildman–Crippen LogP) is 2.01. The Kier molecular flexibility index (Phi) is 5.95. The summed E-state index contributed by atoms with van der Waals surface area (Å²) in [4.78, 5) is 22.4. The second-order valence-electron chi connectivity index (χ2n) is 6.55. The van der Waals surface area contributed by atoms with Crippen molar-refractivity contribution in [3.8, 4) is 0 Å². The van der Waals surface area contributed by atoms with Gasteiger partial charge in [-0.25, -0.2) is 4.79 Å². The lowest BCUT2D eigenvalue weighted by molar-refractivity contribution is -0.153. The molecule has 2 aliphatic rings. The van der Waals surface area contributed by atoms with Crippen molar-refractivity contribution in [3.05, 3.63) is 11.6 Å². The van der Waals surface area contributed by atoms with Crippen LogP contribution in [0.2, 0.25) is 0 Å². The van der Waals surface area contributed by atoms with Crippen molar-refractivity contribution in [2.24, 2.45) is 5.92 Å². The molecule has 0 amide bonds. The molecule has 2 aliphatic heterocycles. The van der Waals surface area contributed by atoms with Gasteiger partial charge in [0.25, 0.3) is 0 Å². The summed E-state index contributed by atoms with van der Waals surface area (Å²) in [5, 5.41) is 0. The Morgan fingerprint density at radius 1 is 1.30 bits per heavy atom. The van der Waals surface area contributed by atoms with Crippen molar-refractivity contribution in [2.45, 2.75) is 64.6 Å². The van der Waals surface area contributed by atoms with Gasteiger partial charge < -0.3 is 23.7 Å². The number of ether oxygens (including phenoxy) is 4. The third kappa shape index (κ3) is 4.62. The van der Waals surface area contributed by atoms with Crippen molar-refractivity contribution in [3.63, 3.8) is 0 Å². The summed E-state index contributed by atoms with van der Waals surface area (Å²) in [5.74, 6) is -1.04. The Morgan fingerprint density at radius 2 is 2.00 bits per heavy atom. The van der Waals surface area contributed by atoms with E-state index < -0.39 is 5.79 Å². The third-order valence-electron chi connectivity index (χ3n) is 4.09. The van der Waals surface area contributed by atoms with E-state index in [0.29, 0.717) is 26.1 Å². The number of esters is 1. The Morgan fingerprint density at radius 3 is 2.65 bits per heavy atom. The molecular weight excluding hydrogens is 300 g/mol. The smallest absolute Gasteiger partial charge is 0.330 e. The fourth-order valence-corrected chi connectivity index (χ4v) is 3.17. The molecule has 0 bridgehead atoms. The highest BCUT2D eigenvalue weighted by atomic mass is 16.8. The van der Waals surface area contributed by atoms with Crippen molar-refractivity contribution < 1.29 is 28.5 Å². The molecular formula is C17H26O6. The van der Waals surface area contributed by atoms with Gasteiger partial charge in [-0.05, 0) is 34.1 Å². The molecule has 6 heteroatoms. The van der Waals surface area contributed by atoms with Gasteiger partial charge in [0.15, 0.2) is 5.79 Å². The normalized spacial score (nSPS) is 33.1. The maximum Gasteiger partial charge on any atom is 0.330 e. The first-order chi connectivity index (χ1) is 10.9. The summed E-state index contributed by atoms with van der Waals surface area (Å²) < 4.78 is 22.8. The van der Waals surface area contributed by atoms with Gasteiger partial charge in [0.05, 0.1) is 25.4 Å². The van der Waals surface area contributed by atoms with E-state index in [1.165, 1.54) is 6.08 Å². The van der Waals surface area contributed by atoms with Crippen LogP contribution in [0.15, 0.2) is 11.6 Å². The minimum absolute atomic E-state index is 0.00451.